The van der Waals surface area contributed by atoms with Crippen LogP contribution in [0.3, 0.4) is 0 Å². The summed E-state index contributed by atoms with van der Waals surface area (Å²) in [6.07, 6.45) is 0. The molecule has 0 atom stereocenters. The van der Waals surface area contributed by atoms with Gasteiger partial charge in [-0.15, -0.1) is 11.3 Å². The average Bonchev–Trinajstić information content (AvgIpc) is 3.14. The van der Waals surface area contributed by atoms with Crippen LogP contribution in [0.2, 0.25) is 0 Å². The van der Waals surface area contributed by atoms with Crippen molar-refractivity contribution in [1.82, 2.24) is 9.55 Å². The maximum absolute atomic E-state index is 13.2. The second-order valence-corrected chi connectivity index (χ2v) is 6.41. The number of anilines is 1. The highest BCUT2D eigenvalue weighted by Crippen LogP contribution is 2.31. The van der Waals surface area contributed by atoms with Crippen LogP contribution in [0.5, 0.6) is 0 Å². The van der Waals surface area contributed by atoms with Gasteiger partial charge in [-0.3, -0.25) is 0 Å². The van der Waals surface area contributed by atoms with Gasteiger partial charge in [0.1, 0.15) is 5.82 Å². The third-order valence-electron chi connectivity index (χ3n) is 3.88. The molecular formula is C18H20FN3OS. The van der Waals surface area contributed by atoms with Gasteiger partial charge in [-0.05, 0) is 44.2 Å². The zero-order valence-corrected chi connectivity index (χ0v) is 14.8. The number of aromatic nitrogens is 2. The first kappa shape index (κ1) is 16.7. The second kappa shape index (κ2) is 7.15. The van der Waals surface area contributed by atoms with E-state index >= 15 is 0 Å². The second-order valence-electron chi connectivity index (χ2n) is 5.55. The lowest BCUT2D eigenvalue weighted by atomic mass is 10.2. The van der Waals surface area contributed by atoms with Gasteiger partial charge < -0.3 is 14.6 Å². The van der Waals surface area contributed by atoms with E-state index in [1.165, 1.54) is 12.1 Å². The Hall–Kier alpha value is -2.18. The van der Waals surface area contributed by atoms with Crippen LogP contribution in [0.15, 0.2) is 35.7 Å². The Morgan fingerprint density at radius 3 is 2.71 bits per heavy atom. The van der Waals surface area contributed by atoms with Gasteiger partial charge in [0.25, 0.3) is 0 Å². The van der Waals surface area contributed by atoms with Crippen molar-refractivity contribution >= 4 is 16.5 Å². The lowest BCUT2D eigenvalue weighted by molar-refractivity contribution is 0.211. The number of rotatable bonds is 6. The van der Waals surface area contributed by atoms with Crippen LogP contribution in [0.1, 0.15) is 11.4 Å². The molecule has 0 amide bonds. The van der Waals surface area contributed by atoms with Crippen LogP contribution in [-0.2, 0) is 4.74 Å². The van der Waals surface area contributed by atoms with E-state index < -0.39 is 0 Å². The molecule has 3 rings (SSSR count). The smallest absolute Gasteiger partial charge is 0.183 e. The molecule has 2 heterocycles. The van der Waals surface area contributed by atoms with Gasteiger partial charge >= 0.3 is 0 Å². The van der Waals surface area contributed by atoms with E-state index in [0.717, 1.165) is 40.0 Å². The third-order valence-corrected chi connectivity index (χ3v) is 4.68. The molecule has 0 aliphatic carbocycles. The summed E-state index contributed by atoms with van der Waals surface area (Å²) in [6.45, 7) is 5.49. The van der Waals surface area contributed by atoms with Gasteiger partial charge in [0.05, 0.1) is 12.3 Å². The first-order chi connectivity index (χ1) is 11.6. The van der Waals surface area contributed by atoms with Crippen molar-refractivity contribution in [2.75, 3.05) is 25.6 Å². The number of halogens is 1. The summed E-state index contributed by atoms with van der Waals surface area (Å²) >= 11 is 1.58. The molecule has 0 unspecified atom stereocenters. The van der Waals surface area contributed by atoms with Crippen LogP contribution in [0.25, 0.3) is 16.9 Å². The van der Waals surface area contributed by atoms with E-state index in [4.69, 9.17) is 4.74 Å². The minimum absolute atomic E-state index is 0.229. The summed E-state index contributed by atoms with van der Waals surface area (Å²) in [6, 6.07) is 8.66. The van der Waals surface area contributed by atoms with Crippen molar-refractivity contribution < 1.29 is 9.13 Å². The van der Waals surface area contributed by atoms with E-state index in [2.05, 4.69) is 27.9 Å². The van der Waals surface area contributed by atoms with Crippen LogP contribution < -0.4 is 5.32 Å². The minimum atomic E-state index is -0.229. The van der Waals surface area contributed by atoms with Crippen LogP contribution in [-0.4, -0.2) is 29.8 Å². The fraction of sp³-hybridized carbons (Fsp3) is 0.278. The summed E-state index contributed by atoms with van der Waals surface area (Å²) in [5, 5.41) is 6.18. The maximum Gasteiger partial charge on any atom is 0.183 e. The summed E-state index contributed by atoms with van der Waals surface area (Å²) in [7, 11) is 1.68. The largest absolute Gasteiger partial charge is 0.383 e. The highest BCUT2D eigenvalue weighted by Gasteiger charge is 2.14. The van der Waals surface area contributed by atoms with Gasteiger partial charge in [0, 0.05) is 41.7 Å². The van der Waals surface area contributed by atoms with Crippen LogP contribution in [0, 0.1) is 19.7 Å². The molecular weight excluding hydrogens is 325 g/mol. The first-order valence-electron chi connectivity index (χ1n) is 7.73. The van der Waals surface area contributed by atoms with Crippen LogP contribution in [0.4, 0.5) is 9.52 Å². The lowest BCUT2D eigenvalue weighted by Crippen LogP contribution is -2.07. The number of nitrogens with one attached hydrogen (secondary N) is 1. The van der Waals surface area contributed by atoms with E-state index in [1.807, 2.05) is 12.3 Å². The Morgan fingerprint density at radius 1 is 1.25 bits per heavy atom. The van der Waals surface area contributed by atoms with Crippen molar-refractivity contribution in [3.63, 3.8) is 0 Å². The van der Waals surface area contributed by atoms with Crippen molar-refractivity contribution in [2.24, 2.45) is 0 Å². The average molecular weight is 345 g/mol. The molecule has 0 radical (unpaired) electrons. The maximum atomic E-state index is 13.2. The highest BCUT2D eigenvalue weighted by atomic mass is 32.1. The number of aryl methyl sites for hydroxylation is 1. The summed E-state index contributed by atoms with van der Waals surface area (Å²) in [5.74, 6) is -0.229. The molecule has 24 heavy (non-hydrogen) atoms. The predicted molar refractivity (Wildman–Crippen MR) is 96.7 cm³/mol. The van der Waals surface area contributed by atoms with Gasteiger partial charge in [0.2, 0.25) is 0 Å². The van der Waals surface area contributed by atoms with Crippen molar-refractivity contribution in [3.05, 3.63) is 52.9 Å². The van der Waals surface area contributed by atoms with Gasteiger partial charge in [0.15, 0.2) is 5.13 Å². The molecule has 3 aromatic rings. The summed E-state index contributed by atoms with van der Waals surface area (Å²) < 4.78 is 20.3. The quantitative estimate of drug-likeness (QED) is 0.673. The monoisotopic (exact) mass is 345 g/mol. The number of methoxy groups -OCH3 is 1. The fourth-order valence-electron chi connectivity index (χ4n) is 2.75. The number of hydrogen-bond donors (Lipinski definition) is 1. The highest BCUT2D eigenvalue weighted by molar-refractivity contribution is 7.14. The Morgan fingerprint density at radius 2 is 2.00 bits per heavy atom. The van der Waals surface area contributed by atoms with E-state index in [-0.39, 0.29) is 5.82 Å². The molecule has 6 heteroatoms. The molecule has 4 nitrogen and oxygen atoms in total. The van der Waals surface area contributed by atoms with Crippen molar-refractivity contribution in [2.45, 2.75) is 13.8 Å². The normalized spacial score (nSPS) is 11.0. The number of benzene rings is 1. The Kier molecular flexibility index (Phi) is 4.97. The van der Waals surface area contributed by atoms with Gasteiger partial charge in [-0.2, -0.15) is 0 Å². The molecule has 0 bridgehead atoms. The standard InChI is InChI=1S/C18H20FN3OS/c1-12-10-16(17-11-24-18(21-17)20-8-9-23-3)13(2)22(12)15-6-4-14(19)5-7-15/h4-7,10-11H,8-9H2,1-3H3,(H,20,21). The third kappa shape index (κ3) is 3.34. The SMILES string of the molecule is COCCNc1nc(-c2cc(C)n(-c3ccc(F)cc3)c2C)cs1. The Balaban J connectivity index is 1.90. The van der Waals surface area contributed by atoms with E-state index in [9.17, 15) is 4.39 Å². The molecule has 0 saturated carbocycles. The summed E-state index contributed by atoms with van der Waals surface area (Å²) in [5.41, 5.74) is 5.17. The number of nitrogens with zero attached hydrogens (tertiary/aromatic N) is 2. The van der Waals surface area contributed by atoms with Crippen molar-refractivity contribution in [1.29, 1.82) is 0 Å². The zero-order chi connectivity index (χ0) is 17.1. The minimum Gasteiger partial charge on any atom is -0.383 e. The van der Waals surface area contributed by atoms with Crippen molar-refractivity contribution in [3.8, 4) is 16.9 Å². The molecule has 0 saturated heterocycles. The Bertz CT molecular complexity index is 823. The number of hydrogen-bond acceptors (Lipinski definition) is 4. The lowest BCUT2D eigenvalue weighted by Gasteiger charge is -2.09. The molecule has 0 aliphatic heterocycles. The molecule has 126 valence electrons. The summed E-state index contributed by atoms with van der Waals surface area (Å²) in [4.78, 5) is 4.65. The molecule has 1 N–H and O–H groups in total. The Labute approximate surface area is 144 Å². The predicted octanol–water partition coefficient (Wildman–Crippen LogP) is 4.42. The molecule has 0 fully saturated rings. The van der Waals surface area contributed by atoms with Gasteiger partial charge in [-0.1, -0.05) is 0 Å². The molecule has 0 spiro atoms. The molecule has 2 aromatic heterocycles. The number of ether oxygens (including phenoxy) is 1. The van der Waals surface area contributed by atoms with Gasteiger partial charge in [-0.25, -0.2) is 9.37 Å². The van der Waals surface area contributed by atoms with Crippen LogP contribution >= 0.6 is 11.3 Å². The number of thiazole rings is 1. The topological polar surface area (TPSA) is 39.1 Å². The zero-order valence-electron chi connectivity index (χ0n) is 14.0. The van der Waals surface area contributed by atoms with E-state index in [0.29, 0.717) is 6.61 Å². The first-order valence-corrected chi connectivity index (χ1v) is 8.61. The van der Waals surface area contributed by atoms with E-state index in [1.54, 1.807) is 30.6 Å². The molecule has 1 aromatic carbocycles. The molecule has 0 aliphatic rings. The fourth-order valence-corrected chi connectivity index (χ4v) is 3.49.